The monoisotopic (exact) mass is 341 g/mol. The Kier molecular flexibility index (Phi) is 4.61. The maximum atomic E-state index is 13.3. The van der Waals surface area contributed by atoms with E-state index in [0.29, 0.717) is 15.9 Å². The van der Waals surface area contributed by atoms with Gasteiger partial charge in [0.25, 0.3) is 0 Å². The average Bonchev–Trinajstić information content (AvgIpc) is 2.31. The topological polar surface area (TPSA) is 26.0 Å². The maximum Gasteiger partial charge on any atom is 0.124 e. The first-order chi connectivity index (χ1) is 8.95. The molecular weight excluding hydrogens is 329 g/mol. The minimum atomic E-state index is -0.296. The third-order valence-corrected chi connectivity index (χ3v) is 3.77. The van der Waals surface area contributed by atoms with Gasteiger partial charge in [0.15, 0.2) is 0 Å². The molecule has 2 aromatic carbocycles. The summed E-state index contributed by atoms with van der Waals surface area (Å²) < 4.78 is 14.0. The molecule has 0 bridgehead atoms. The van der Waals surface area contributed by atoms with Gasteiger partial charge < -0.3 is 5.73 Å². The number of halogens is 3. The van der Waals surface area contributed by atoms with Crippen molar-refractivity contribution in [1.82, 2.24) is 0 Å². The second kappa shape index (κ2) is 6.04. The highest BCUT2D eigenvalue weighted by atomic mass is 79.9. The second-order valence-corrected chi connectivity index (χ2v) is 5.93. The second-order valence-electron chi connectivity index (χ2n) is 4.61. The highest BCUT2D eigenvalue weighted by Gasteiger charge is 2.11. The van der Waals surface area contributed by atoms with Crippen molar-refractivity contribution in [3.8, 4) is 0 Å². The molecule has 2 rings (SSSR count). The molecule has 1 nitrogen and oxygen atoms in total. The Morgan fingerprint density at radius 3 is 2.63 bits per heavy atom. The Bertz CT molecular complexity index is 580. The van der Waals surface area contributed by atoms with Crippen LogP contribution in [0.4, 0.5) is 4.39 Å². The normalized spacial score (nSPS) is 12.5. The molecule has 100 valence electrons. The Morgan fingerprint density at radius 2 is 2.00 bits per heavy atom. The summed E-state index contributed by atoms with van der Waals surface area (Å²) in [5.41, 5.74) is 8.96. The summed E-state index contributed by atoms with van der Waals surface area (Å²) in [6.07, 6.45) is 0.578. The van der Waals surface area contributed by atoms with E-state index in [-0.39, 0.29) is 11.9 Å². The molecule has 0 aliphatic carbocycles. The number of benzene rings is 2. The zero-order valence-electron chi connectivity index (χ0n) is 10.5. The lowest BCUT2D eigenvalue weighted by molar-refractivity contribution is 0.617. The van der Waals surface area contributed by atoms with Crippen molar-refractivity contribution in [3.63, 3.8) is 0 Å². The van der Waals surface area contributed by atoms with Crippen LogP contribution in [-0.4, -0.2) is 0 Å². The molecule has 0 amide bonds. The van der Waals surface area contributed by atoms with E-state index in [0.717, 1.165) is 16.7 Å². The predicted octanol–water partition coefficient (Wildman–Crippen LogP) is 4.79. The van der Waals surface area contributed by atoms with Crippen molar-refractivity contribution < 1.29 is 4.39 Å². The van der Waals surface area contributed by atoms with Crippen molar-refractivity contribution in [1.29, 1.82) is 0 Å². The van der Waals surface area contributed by atoms with Crippen molar-refractivity contribution in [2.75, 3.05) is 0 Å². The van der Waals surface area contributed by atoms with Gasteiger partial charge in [-0.05, 0) is 54.3 Å². The first-order valence-electron chi connectivity index (χ1n) is 5.92. The van der Waals surface area contributed by atoms with E-state index in [1.54, 1.807) is 0 Å². The van der Waals surface area contributed by atoms with Crippen LogP contribution in [0.2, 0.25) is 5.02 Å². The predicted molar refractivity (Wildman–Crippen MR) is 80.9 cm³/mol. The lowest BCUT2D eigenvalue weighted by atomic mass is 9.99. The van der Waals surface area contributed by atoms with E-state index in [4.69, 9.17) is 17.3 Å². The van der Waals surface area contributed by atoms with Crippen molar-refractivity contribution >= 4 is 27.5 Å². The Hall–Kier alpha value is -0.900. The molecule has 0 saturated carbocycles. The van der Waals surface area contributed by atoms with Gasteiger partial charge in [0, 0.05) is 15.5 Å². The summed E-state index contributed by atoms with van der Waals surface area (Å²) in [5.74, 6) is -0.296. The molecule has 2 aromatic rings. The number of rotatable bonds is 3. The van der Waals surface area contributed by atoms with E-state index in [1.165, 1.54) is 12.1 Å². The largest absolute Gasteiger partial charge is 0.324 e. The van der Waals surface area contributed by atoms with Crippen LogP contribution in [0, 0.1) is 12.7 Å². The van der Waals surface area contributed by atoms with Crippen LogP contribution in [-0.2, 0) is 6.42 Å². The van der Waals surface area contributed by atoms with E-state index in [2.05, 4.69) is 15.9 Å². The standard InChI is InChI=1S/C15H14BrClFN/c1-9-2-3-10(14(17)4-9)7-15(19)11-5-12(16)8-13(18)6-11/h2-6,8,15H,7,19H2,1H3. The number of nitrogens with two attached hydrogens (primary N) is 1. The average molecular weight is 343 g/mol. The zero-order valence-corrected chi connectivity index (χ0v) is 12.8. The maximum absolute atomic E-state index is 13.3. The molecule has 4 heteroatoms. The summed E-state index contributed by atoms with van der Waals surface area (Å²) in [5, 5.41) is 0.700. The van der Waals surface area contributed by atoms with Crippen molar-refractivity contribution in [3.05, 3.63) is 68.4 Å². The lowest BCUT2D eigenvalue weighted by Gasteiger charge is -2.14. The molecule has 19 heavy (non-hydrogen) atoms. The highest BCUT2D eigenvalue weighted by molar-refractivity contribution is 9.10. The first kappa shape index (κ1) is 14.5. The first-order valence-corrected chi connectivity index (χ1v) is 7.09. The molecule has 0 saturated heterocycles. The van der Waals surface area contributed by atoms with E-state index in [9.17, 15) is 4.39 Å². The fourth-order valence-electron chi connectivity index (χ4n) is 1.96. The summed E-state index contributed by atoms with van der Waals surface area (Å²) in [7, 11) is 0. The molecule has 0 heterocycles. The van der Waals surface area contributed by atoms with Crippen LogP contribution < -0.4 is 5.73 Å². The number of hydrogen-bond donors (Lipinski definition) is 1. The van der Waals surface area contributed by atoms with Crippen LogP contribution >= 0.6 is 27.5 Å². The van der Waals surface area contributed by atoms with E-state index >= 15 is 0 Å². The summed E-state index contributed by atoms with van der Waals surface area (Å²) >= 11 is 9.45. The van der Waals surface area contributed by atoms with E-state index < -0.39 is 0 Å². The number of hydrogen-bond acceptors (Lipinski definition) is 1. The Labute approximate surface area is 125 Å². The molecule has 0 spiro atoms. The van der Waals surface area contributed by atoms with Crippen LogP contribution in [0.3, 0.4) is 0 Å². The quantitative estimate of drug-likeness (QED) is 0.852. The molecule has 1 unspecified atom stereocenters. The Morgan fingerprint density at radius 1 is 1.26 bits per heavy atom. The molecule has 0 fully saturated rings. The summed E-state index contributed by atoms with van der Waals surface area (Å²) in [6.45, 7) is 1.99. The fraction of sp³-hybridized carbons (Fsp3) is 0.200. The fourth-order valence-corrected chi connectivity index (χ4v) is 2.76. The van der Waals surface area contributed by atoms with Gasteiger partial charge in [0.1, 0.15) is 5.82 Å². The van der Waals surface area contributed by atoms with Crippen molar-refractivity contribution in [2.24, 2.45) is 5.73 Å². The molecule has 0 aliphatic rings. The van der Waals surface area contributed by atoms with Crippen LogP contribution in [0.5, 0.6) is 0 Å². The third kappa shape index (κ3) is 3.78. The van der Waals surface area contributed by atoms with Crippen LogP contribution in [0.25, 0.3) is 0 Å². The molecule has 0 aromatic heterocycles. The van der Waals surface area contributed by atoms with Crippen LogP contribution in [0.15, 0.2) is 40.9 Å². The molecule has 1 atom stereocenters. The van der Waals surface area contributed by atoms with Gasteiger partial charge in [-0.2, -0.15) is 0 Å². The smallest absolute Gasteiger partial charge is 0.124 e. The number of aryl methyl sites for hydroxylation is 1. The third-order valence-electron chi connectivity index (χ3n) is 2.96. The van der Waals surface area contributed by atoms with Gasteiger partial charge in [-0.3, -0.25) is 0 Å². The minimum absolute atomic E-state index is 0.285. The van der Waals surface area contributed by atoms with E-state index in [1.807, 2.05) is 31.2 Å². The minimum Gasteiger partial charge on any atom is -0.324 e. The van der Waals surface area contributed by atoms with Crippen molar-refractivity contribution in [2.45, 2.75) is 19.4 Å². The molecule has 2 N–H and O–H groups in total. The zero-order chi connectivity index (χ0) is 14.0. The highest BCUT2D eigenvalue weighted by Crippen LogP contribution is 2.25. The summed E-state index contributed by atoms with van der Waals surface area (Å²) in [6, 6.07) is 10.3. The van der Waals surface area contributed by atoms with Crippen LogP contribution in [0.1, 0.15) is 22.7 Å². The SMILES string of the molecule is Cc1ccc(CC(N)c2cc(F)cc(Br)c2)c(Cl)c1. The lowest BCUT2D eigenvalue weighted by Crippen LogP contribution is -2.14. The molecular formula is C15H14BrClFN. The van der Waals surface area contributed by atoms with Gasteiger partial charge in [-0.15, -0.1) is 0 Å². The molecule has 0 aliphatic heterocycles. The van der Waals surface area contributed by atoms with Gasteiger partial charge in [-0.1, -0.05) is 39.7 Å². The van der Waals surface area contributed by atoms with Gasteiger partial charge in [0.05, 0.1) is 0 Å². The summed E-state index contributed by atoms with van der Waals surface area (Å²) in [4.78, 5) is 0. The van der Waals surface area contributed by atoms with Gasteiger partial charge >= 0.3 is 0 Å². The Balaban J connectivity index is 2.22. The van der Waals surface area contributed by atoms with Gasteiger partial charge in [-0.25, -0.2) is 4.39 Å². The molecule has 0 radical (unpaired) electrons. The van der Waals surface area contributed by atoms with Gasteiger partial charge in [0.2, 0.25) is 0 Å².